The first kappa shape index (κ1) is 12.1. The van der Waals surface area contributed by atoms with E-state index in [2.05, 4.69) is 15.9 Å². The van der Waals surface area contributed by atoms with Gasteiger partial charge in [0.05, 0.1) is 18.7 Å². The Labute approximate surface area is 98.0 Å². The lowest BCUT2D eigenvalue weighted by atomic mass is 10.1. The van der Waals surface area contributed by atoms with Crippen molar-refractivity contribution in [3.63, 3.8) is 0 Å². The molecule has 0 aromatic heterocycles. The van der Waals surface area contributed by atoms with Gasteiger partial charge in [0.2, 0.25) is 0 Å². The number of rotatable bonds is 4. The summed E-state index contributed by atoms with van der Waals surface area (Å²) < 4.78 is 11.3. The fraction of sp³-hybridized carbons (Fsp3) is 0.273. The summed E-state index contributed by atoms with van der Waals surface area (Å²) in [4.78, 5) is 0. The van der Waals surface area contributed by atoms with Gasteiger partial charge in [-0.15, -0.1) is 0 Å². The molecule has 0 fully saturated rings. The van der Waals surface area contributed by atoms with Crippen molar-refractivity contribution < 1.29 is 9.47 Å². The molecule has 0 aliphatic rings. The van der Waals surface area contributed by atoms with Gasteiger partial charge < -0.3 is 15.2 Å². The third-order valence-corrected chi connectivity index (χ3v) is 2.51. The van der Waals surface area contributed by atoms with Crippen LogP contribution in [0.3, 0.4) is 0 Å². The Morgan fingerprint density at radius 2 is 2.07 bits per heavy atom. The second-order valence-electron chi connectivity index (χ2n) is 2.87. The van der Waals surface area contributed by atoms with Crippen molar-refractivity contribution in [2.75, 3.05) is 20.8 Å². The highest BCUT2D eigenvalue weighted by Crippen LogP contribution is 2.34. The third kappa shape index (κ3) is 2.97. The molecule has 0 aliphatic carbocycles. The molecule has 0 atom stereocenters. The van der Waals surface area contributed by atoms with Crippen molar-refractivity contribution in [2.45, 2.75) is 0 Å². The fourth-order valence-electron chi connectivity index (χ4n) is 1.24. The molecule has 0 bridgehead atoms. The van der Waals surface area contributed by atoms with E-state index in [-0.39, 0.29) is 0 Å². The Balaban J connectivity index is 3.19. The third-order valence-electron chi connectivity index (χ3n) is 1.92. The Kier molecular flexibility index (Phi) is 4.65. The van der Waals surface area contributed by atoms with E-state index >= 15 is 0 Å². The molecule has 1 rings (SSSR count). The summed E-state index contributed by atoms with van der Waals surface area (Å²) in [6.07, 6.45) is 3.77. The quantitative estimate of drug-likeness (QED) is 0.915. The molecule has 1 aromatic carbocycles. The number of ether oxygens (including phenoxy) is 2. The molecule has 3 nitrogen and oxygen atoms in total. The maximum absolute atomic E-state index is 5.41. The van der Waals surface area contributed by atoms with E-state index in [0.29, 0.717) is 6.54 Å². The lowest BCUT2D eigenvalue weighted by Crippen LogP contribution is -1.94. The molecule has 0 aliphatic heterocycles. The Bertz CT molecular complexity index is 364. The largest absolute Gasteiger partial charge is 0.497 e. The Hall–Kier alpha value is -1.00. The summed E-state index contributed by atoms with van der Waals surface area (Å²) in [6, 6.07) is 3.76. The van der Waals surface area contributed by atoms with Crippen LogP contribution >= 0.6 is 15.9 Å². The summed E-state index contributed by atoms with van der Waals surface area (Å²) >= 11 is 3.42. The van der Waals surface area contributed by atoms with Crippen LogP contribution in [0.15, 0.2) is 22.7 Å². The van der Waals surface area contributed by atoms with Gasteiger partial charge in [-0.25, -0.2) is 0 Å². The van der Waals surface area contributed by atoms with Gasteiger partial charge in [-0.3, -0.25) is 0 Å². The van der Waals surface area contributed by atoms with E-state index in [0.717, 1.165) is 21.5 Å². The minimum atomic E-state index is 0.498. The second-order valence-corrected chi connectivity index (χ2v) is 3.72. The van der Waals surface area contributed by atoms with Crippen molar-refractivity contribution in [1.82, 2.24) is 0 Å². The number of nitrogens with two attached hydrogens (primary N) is 1. The van der Waals surface area contributed by atoms with Crippen molar-refractivity contribution in [1.29, 1.82) is 0 Å². The van der Waals surface area contributed by atoms with E-state index in [1.165, 1.54) is 0 Å². The highest BCUT2D eigenvalue weighted by atomic mass is 79.9. The van der Waals surface area contributed by atoms with Crippen molar-refractivity contribution in [3.8, 4) is 11.5 Å². The number of hydrogen-bond acceptors (Lipinski definition) is 3. The van der Waals surface area contributed by atoms with E-state index in [9.17, 15) is 0 Å². The summed E-state index contributed by atoms with van der Waals surface area (Å²) in [5.41, 5.74) is 6.34. The van der Waals surface area contributed by atoms with Gasteiger partial charge in [0.25, 0.3) is 0 Å². The molecule has 1 aromatic rings. The molecule has 0 radical (unpaired) electrons. The molecule has 0 unspecified atom stereocenters. The standard InChI is InChI=1S/C11H14BrNO2/c1-14-9-6-8(4-3-5-13)11(15-2)10(12)7-9/h3-4,6-7H,5,13H2,1-2H3/b4-3+. The van der Waals surface area contributed by atoms with E-state index in [1.807, 2.05) is 24.3 Å². The predicted octanol–water partition coefficient (Wildman–Crippen LogP) is 2.44. The van der Waals surface area contributed by atoms with E-state index in [4.69, 9.17) is 15.2 Å². The van der Waals surface area contributed by atoms with Crippen LogP contribution in [0.2, 0.25) is 0 Å². The lowest BCUT2D eigenvalue weighted by molar-refractivity contribution is 0.400. The van der Waals surface area contributed by atoms with Crippen LogP contribution < -0.4 is 15.2 Å². The highest BCUT2D eigenvalue weighted by Gasteiger charge is 2.07. The SMILES string of the molecule is COc1cc(Br)c(OC)c(/C=C/CN)c1. The number of halogens is 1. The summed E-state index contributed by atoms with van der Waals surface area (Å²) in [6.45, 7) is 0.498. The number of hydrogen-bond donors (Lipinski definition) is 1. The van der Waals surface area contributed by atoms with Gasteiger partial charge in [-0.2, -0.15) is 0 Å². The number of methoxy groups -OCH3 is 2. The van der Waals surface area contributed by atoms with Crippen LogP contribution in [-0.4, -0.2) is 20.8 Å². The Morgan fingerprint density at radius 1 is 1.33 bits per heavy atom. The van der Waals surface area contributed by atoms with Gasteiger partial charge >= 0.3 is 0 Å². The molecule has 0 amide bonds. The molecule has 0 heterocycles. The lowest BCUT2D eigenvalue weighted by Gasteiger charge is -2.09. The van der Waals surface area contributed by atoms with Crippen LogP contribution in [-0.2, 0) is 0 Å². The average Bonchev–Trinajstić information content (AvgIpc) is 2.25. The van der Waals surface area contributed by atoms with Gasteiger partial charge in [-0.1, -0.05) is 12.2 Å². The van der Waals surface area contributed by atoms with Gasteiger partial charge in [0.15, 0.2) is 0 Å². The first-order valence-corrected chi connectivity index (χ1v) is 5.30. The van der Waals surface area contributed by atoms with Crippen LogP contribution in [0, 0.1) is 0 Å². The van der Waals surface area contributed by atoms with Gasteiger partial charge in [-0.05, 0) is 28.1 Å². The molecule has 0 spiro atoms. The molecule has 15 heavy (non-hydrogen) atoms. The van der Waals surface area contributed by atoms with Crippen LogP contribution in [0.1, 0.15) is 5.56 Å². The molecule has 2 N–H and O–H groups in total. The monoisotopic (exact) mass is 271 g/mol. The molecule has 82 valence electrons. The van der Waals surface area contributed by atoms with Crippen molar-refractivity contribution in [2.24, 2.45) is 5.73 Å². The van der Waals surface area contributed by atoms with Crippen LogP contribution in [0.25, 0.3) is 6.08 Å². The zero-order valence-corrected chi connectivity index (χ0v) is 10.4. The zero-order chi connectivity index (χ0) is 11.3. The predicted molar refractivity (Wildman–Crippen MR) is 65.3 cm³/mol. The average molecular weight is 272 g/mol. The molecule has 0 saturated carbocycles. The van der Waals surface area contributed by atoms with Crippen molar-refractivity contribution in [3.05, 3.63) is 28.2 Å². The van der Waals surface area contributed by atoms with Crippen molar-refractivity contribution >= 4 is 22.0 Å². The van der Waals surface area contributed by atoms with Gasteiger partial charge in [0, 0.05) is 12.1 Å². The minimum absolute atomic E-state index is 0.498. The van der Waals surface area contributed by atoms with E-state index in [1.54, 1.807) is 14.2 Å². The minimum Gasteiger partial charge on any atom is -0.497 e. The zero-order valence-electron chi connectivity index (χ0n) is 8.79. The normalized spacial score (nSPS) is 10.7. The smallest absolute Gasteiger partial charge is 0.140 e. The van der Waals surface area contributed by atoms with Gasteiger partial charge in [0.1, 0.15) is 11.5 Å². The summed E-state index contributed by atoms with van der Waals surface area (Å²) in [7, 11) is 3.26. The molecule has 4 heteroatoms. The topological polar surface area (TPSA) is 44.5 Å². The Morgan fingerprint density at radius 3 is 2.60 bits per heavy atom. The summed E-state index contributed by atoms with van der Waals surface area (Å²) in [5, 5.41) is 0. The fourth-order valence-corrected chi connectivity index (χ4v) is 1.86. The molecule has 0 saturated heterocycles. The number of benzene rings is 1. The second kappa shape index (κ2) is 5.78. The summed E-state index contributed by atoms with van der Waals surface area (Å²) in [5.74, 6) is 1.56. The van der Waals surface area contributed by atoms with Crippen LogP contribution in [0.4, 0.5) is 0 Å². The van der Waals surface area contributed by atoms with E-state index < -0.39 is 0 Å². The highest BCUT2D eigenvalue weighted by molar-refractivity contribution is 9.10. The first-order valence-electron chi connectivity index (χ1n) is 4.51. The maximum atomic E-state index is 5.41. The molecular weight excluding hydrogens is 258 g/mol. The maximum Gasteiger partial charge on any atom is 0.140 e. The molecular formula is C11H14BrNO2. The van der Waals surface area contributed by atoms with Crippen LogP contribution in [0.5, 0.6) is 11.5 Å². The first-order chi connectivity index (χ1) is 7.22.